The Hall–Kier alpha value is 2.33. The molecule has 0 aromatic heterocycles. The van der Waals surface area contributed by atoms with Crippen molar-refractivity contribution < 1.29 is 72.0 Å². The van der Waals surface area contributed by atoms with Crippen LogP contribution in [0.3, 0.4) is 0 Å². The summed E-state index contributed by atoms with van der Waals surface area (Å²) in [5, 5.41) is 0. The Labute approximate surface area is 132 Å². The summed E-state index contributed by atoms with van der Waals surface area (Å²) in [4.78, 5) is 0. The molecule has 0 aliphatic carbocycles. The molecule has 0 saturated heterocycles. The largest absolute Gasteiger partial charge is 1.00 e. The molecule has 0 aromatic rings. The van der Waals surface area contributed by atoms with Gasteiger partial charge in [-0.2, -0.15) is 0 Å². The summed E-state index contributed by atoms with van der Waals surface area (Å²) >= 11 is 0. The van der Waals surface area contributed by atoms with Gasteiger partial charge in [-0.25, -0.2) is 0 Å². The molecule has 0 aliphatic rings. The Morgan fingerprint density at radius 3 is 0.714 bits per heavy atom. The zero-order valence-electron chi connectivity index (χ0n) is 9.54. The van der Waals surface area contributed by atoms with Crippen molar-refractivity contribution in [3.05, 3.63) is 5.67 Å². The fourth-order valence-electron chi connectivity index (χ4n) is 1.30. The predicted molar refractivity (Wildman–Crippen MR) is 51.0 cm³/mol. The summed E-state index contributed by atoms with van der Waals surface area (Å²) in [6.45, 7) is 14.4. The molecule has 0 atom stereocenters. The molecule has 0 nitrogen and oxygen atoms in total. The first-order valence-corrected chi connectivity index (χ1v) is 10.7. The first-order chi connectivity index (χ1) is 3.71. The quantitative estimate of drug-likeness (QED) is 0.344. The molecule has 0 unspecified atom stereocenters. The van der Waals surface area contributed by atoms with Gasteiger partial charge < -0.3 is 49.6 Å². The van der Waals surface area contributed by atoms with Gasteiger partial charge in [0.1, 0.15) is 0 Å². The summed E-state index contributed by atoms with van der Waals surface area (Å²) < 4.78 is 0. The van der Waals surface area contributed by atoms with E-state index in [-0.39, 0.29) is 72.0 Å². The molecule has 2 radical (unpaired) electrons. The molecule has 0 N–H and O–H groups in total. The van der Waals surface area contributed by atoms with Crippen LogP contribution in [0.15, 0.2) is 0 Å². The minimum absolute atomic E-state index is 0. The maximum Gasteiger partial charge on any atom is 0.0444 e. The second-order valence-corrected chi connectivity index (χ2v) is 15.5. The zero-order chi connectivity index (χ0) is 7.71. The second kappa shape index (κ2) is 13.4. The molecule has 0 fully saturated rings. The van der Waals surface area contributed by atoms with Gasteiger partial charge in [0.2, 0.25) is 0 Å². The molecule has 0 saturated carbocycles. The van der Waals surface area contributed by atoms with E-state index in [4.69, 9.17) is 0 Å². The van der Waals surface area contributed by atoms with Gasteiger partial charge in [-0.3, -0.25) is 0 Å². The first kappa shape index (κ1) is 36.0. The van der Waals surface area contributed by atoms with Crippen molar-refractivity contribution in [1.29, 1.82) is 0 Å². The normalized spacial score (nSPS) is 9.00. The van der Waals surface area contributed by atoms with Gasteiger partial charge in [0.15, 0.2) is 0 Å². The summed E-state index contributed by atoms with van der Waals surface area (Å²) in [5.74, 6) is 0. The summed E-state index contributed by atoms with van der Waals surface area (Å²) in [7, 11) is -1.71. The van der Waals surface area contributed by atoms with Crippen LogP contribution in [0, 0.1) is 5.67 Å². The van der Waals surface area contributed by atoms with Crippen LogP contribution in [0.5, 0.6) is 0 Å². The zero-order valence-corrected chi connectivity index (χ0v) is 17.8. The minimum atomic E-state index is -0.856. The minimum Gasteiger partial charge on any atom is -1.00 e. The van der Waals surface area contributed by atoms with Gasteiger partial charge in [-0.15, -0.1) is 0 Å². The van der Waals surface area contributed by atoms with Crippen LogP contribution in [0.1, 0.15) is 0 Å². The van der Waals surface area contributed by atoms with E-state index in [1.54, 1.807) is 0 Å². The molecule has 0 spiro atoms. The van der Waals surface area contributed by atoms with Gasteiger partial charge in [0, 0.05) is 38.5 Å². The standard InChI is InChI=1S/C7H19Si2.4ClH.Ta/c1-8(2,3)7-9(4,5)6;;;;;/h7H,1-6H3;4*1H;/p-4. The maximum atomic E-state index is 2.65. The molecule has 0 amide bonds. The van der Waals surface area contributed by atoms with E-state index in [2.05, 4.69) is 44.9 Å². The van der Waals surface area contributed by atoms with Gasteiger partial charge in [-0.05, 0) is 0 Å². The monoisotopic (exact) mass is 480 g/mol. The van der Waals surface area contributed by atoms with Crippen LogP contribution in [0.25, 0.3) is 0 Å². The molecule has 0 aromatic carbocycles. The van der Waals surface area contributed by atoms with Crippen LogP contribution in [-0.2, 0) is 22.4 Å². The van der Waals surface area contributed by atoms with Crippen molar-refractivity contribution in [2.75, 3.05) is 0 Å². The van der Waals surface area contributed by atoms with Crippen molar-refractivity contribution in [3.8, 4) is 0 Å². The topological polar surface area (TPSA) is 0 Å². The first-order valence-electron chi connectivity index (χ1n) is 3.58. The van der Waals surface area contributed by atoms with E-state index in [1.807, 2.05) is 0 Å². The SMILES string of the molecule is C[Si](C)(C)[CH][Si](C)(C)C.[Cl-].[Cl-].[Cl-].[Cl-].[Ta]. The Balaban J connectivity index is -0.0000000320. The second-order valence-electron chi connectivity index (χ2n) is 4.88. The van der Waals surface area contributed by atoms with Gasteiger partial charge in [0.25, 0.3) is 0 Å². The molecular weight excluding hydrogens is 463 g/mol. The number of rotatable bonds is 2. The van der Waals surface area contributed by atoms with Crippen LogP contribution >= 0.6 is 0 Å². The van der Waals surface area contributed by atoms with Crippen molar-refractivity contribution >= 4 is 16.1 Å². The third-order valence-electron chi connectivity index (χ3n) is 0.866. The van der Waals surface area contributed by atoms with Gasteiger partial charge in [-0.1, -0.05) is 44.9 Å². The summed E-state index contributed by atoms with van der Waals surface area (Å²) in [6.07, 6.45) is 0. The average Bonchev–Trinajstić information content (AvgIpc) is 1.14. The van der Waals surface area contributed by atoms with Crippen molar-refractivity contribution in [1.82, 2.24) is 0 Å². The van der Waals surface area contributed by atoms with Gasteiger partial charge >= 0.3 is 0 Å². The van der Waals surface area contributed by atoms with E-state index in [1.165, 1.54) is 0 Å². The van der Waals surface area contributed by atoms with Crippen LogP contribution in [0.4, 0.5) is 0 Å². The number of halogens is 4. The fraction of sp³-hybridized carbons (Fsp3) is 0.857. The van der Waals surface area contributed by atoms with Crippen molar-refractivity contribution in [3.63, 3.8) is 0 Å². The van der Waals surface area contributed by atoms with Gasteiger partial charge in [0.05, 0.1) is 0 Å². The summed E-state index contributed by atoms with van der Waals surface area (Å²) in [6, 6.07) is 0. The van der Waals surface area contributed by atoms with E-state index >= 15 is 0 Å². The maximum absolute atomic E-state index is 2.65. The number of hydrogen-bond acceptors (Lipinski definition) is 0. The Morgan fingerprint density at radius 1 is 0.571 bits per heavy atom. The Bertz CT molecular complexity index is 88.8. The Morgan fingerprint density at radius 2 is 0.714 bits per heavy atom. The third-order valence-corrected chi connectivity index (χ3v) is 7.79. The Kier molecular flexibility index (Phi) is 34.4. The van der Waals surface area contributed by atoms with E-state index in [9.17, 15) is 0 Å². The van der Waals surface area contributed by atoms with E-state index in [0.717, 1.165) is 0 Å². The van der Waals surface area contributed by atoms with Crippen LogP contribution in [0.2, 0.25) is 39.3 Å². The molecule has 14 heavy (non-hydrogen) atoms. The average molecular weight is 482 g/mol. The molecule has 0 bridgehead atoms. The fourth-order valence-corrected chi connectivity index (χ4v) is 11.7. The van der Waals surface area contributed by atoms with Crippen molar-refractivity contribution in [2.24, 2.45) is 0 Å². The molecule has 0 heterocycles. The predicted octanol–water partition coefficient (Wildman–Crippen LogP) is -9.04. The smallest absolute Gasteiger partial charge is 0.0444 e. The third kappa shape index (κ3) is 36.7. The molecular formula is C7H19Cl4Si2Ta-4. The van der Waals surface area contributed by atoms with Crippen LogP contribution in [-0.4, -0.2) is 16.1 Å². The number of hydrogen-bond donors (Lipinski definition) is 0. The molecule has 0 rings (SSSR count). The van der Waals surface area contributed by atoms with E-state index in [0.29, 0.717) is 0 Å². The van der Waals surface area contributed by atoms with Crippen molar-refractivity contribution in [2.45, 2.75) is 39.3 Å². The summed E-state index contributed by atoms with van der Waals surface area (Å²) in [5.41, 5.74) is 2.65. The molecule has 92 valence electrons. The van der Waals surface area contributed by atoms with E-state index < -0.39 is 16.1 Å². The molecule has 7 heteroatoms. The molecule has 0 aliphatic heterocycles. The van der Waals surface area contributed by atoms with Crippen LogP contribution < -0.4 is 49.6 Å².